The average molecular weight is 480 g/mol. The van der Waals surface area contributed by atoms with E-state index in [1.54, 1.807) is 36.4 Å². The van der Waals surface area contributed by atoms with E-state index >= 15 is 0 Å². The third kappa shape index (κ3) is 4.19. The summed E-state index contributed by atoms with van der Waals surface area (Å²) in [5, 5.41) is 1.64. The van der Waals surface area contributed by atoms with Crippen molar-refractivity contribution >= 4 is 37.6 Å². The molecule has 6 nitrogen and oxygen atoms in total. The van der Waals surface area contributed by atoms with Gasteiger partial charge < -0.3 is 13.9 Å². The minimum atomic E-state index is -3.81. The summed E-state index contributed by atoms with van der Waals surface area (Å²) in [6.45, 7) is 9.12. The predicted molar refractivity (Wildman–Crippen MR) is 133 cm³/mol. The van der Waals surface area contributed by atoms with E-state index in [0.29, 0.717) is 23.8 Å². The third-order valence-electron chi connectivity index (χ3n) is 6.32. The average Bonchev–Trinajstić information content (AvgIpc) is 3.16. The summed E-state index contributed by atoms with van der Waals surface area (Å²) in [6.07, 6.45) is -0.512. The molecule has 0 saturated carbocycles. The Balaban J connectivity index is 1.41. The topological polar surface area (TPSA) is 77.8 Å². The van der Waals surface area contributed by atoms with Crippen molar-refractivity contribution in [2.45, 2.75) is 45.0 Å². The van der Waals surface area contributed by atoms with Crippen molar-refractivity contribution in [2.24, 2.45) is 11.3 Å². The molecule has 1 aliphatic heterocycles. The predicted octanol–water partition coefficient (Wildman–Crippen LogP) is 6.48. The fourth-order valence-electron chi connectivity index (χ4n) is 4.80. The van der Waals surface area contributed by atoms with Crippen molar-refractivity contribution in [3.63, 3.8) is 0 Å². The highest BCUT2D eigenvalue weighted by Crippen LogP contribution is 2.40. The normalized spacial score (nSPS) is 20.7. The minimum Gasteiger partial charge on any atom is -0.456 e. The van der Waals surface area contributed by atoms with Crippen molar-refractivity contribution in [2.75, 3.05) is 11.3 Å². The zero-order valence-electron chi connectivity index (χ0n) is 19.7. The molecule has 1 aliphatic rings. The van der Waals surface area contributed by atoms with E-state index in [1.807, 2.05) is 30.3 Å². The second-order valence-electron chi connectivity index (χ2n) is 9.92. The molecule has 7 heteroatoms. The SMILES string of the molecule is CC(C)[C@@H]1O[C@@H](c2cccc(NS(=O)(=O)c3ccc4oc5ccccc5c4c3)c2)OCC1(C)C. The van der Waals surface area contributed by atoms with Gasteiger partial charge in [0.1, 0.15) is 11.2 Å². The van der Waals surface area contributed by atoms with E-state index in [1.165, 1.54) is 0 Å². The maximum atomic E-state index is 13.2. The Morgan fingerprint density at radius 3 is 2.50 bits per heavy atom. The number of benzene rings is 3. The van der Waals surface area contributed by atoms with Gasteiger partial charge in [-0.15, -0.1) is 0 Å². The summed E-state index contributed by atoms with van der Waals surface area (Å²) in [5.74, 6) is 0.331. The molecule has 4 aromatic rings. The van der Waals surface area contributed by atoms with Crippen molar-refractivity contribution in [3.8, 4) is 0 Å². The second kappa shape index (κ2) is 8.41. The molecule has 34 heavy (non-hydrogen) atoms. The van der Waals surface area contributed by atoms with E-state index in [-0.39, 0.29) is 16.4 Å². The molecule has 5 rings (SSSR count). The van der Waals surface area contributed by atoms with Gasteiger partial charge >= 0.3 is 0 Å². The second-order valence-corrected chi connectivity index (χ2v) is 11.6. The van der Waals surface area contributed by atoms with Crippen molar-refractivity contribution in [1.82, 2.24) is 0 Å². The first-order valence-corrected chi connectivity index (χ1v) is 12.9. The van der Waals surface area contributed by atoms with Crippen LogP contribution >= 0.6 is 0 Å². The fourth-order valence-corrected chi connectivity index (χ4v) is 5.87. The Hall–Kier alpha value is -2.87. The van der Waals surface area contributed by atoms with Crippen LogP contribution in [-0.4, -0.2) is 21.1 Å². The molecule has 0 unspecified atom stereocenters. The smallest absolute Gasteiger partial charge is 0.261 e. The van der Waals surface area contributed by atoms with Gasteiger partial charge in [-0.25, -0.2) is 8.42 Å². The number of hydrogen-bond donors (Lipinski definition) is 1. The number of ether oxygens (including phenoxy) is 2. The first-order chi connectivity index (χ1) is 16.1. The van der Waals surface area contributed by atoms with E-state index < -0.39 is 16.3 Å². The molecule has 3 aromatic carbocycles. The summed E-state index contributed by atoms with van der Waals surface area (Å²) in [4.78, 5) is 0.170. The number of nitrogens with one attached hydrogen (secondary N) is 1. The molecule has 1 saturated heterocycles. The fraction of sp³-hybridized carbons (Fsp3) is 0.333. The molecule has 0 aliphatic carbocycles. The molecule has 0 spiro atoms. The van der Waals surface area contributed by atoms with Crippen molar-refractivity contribution < 1.29 is 22.3 Å². The van der Waals surface area contributed by atoms with Crippen molar-refractivity contribution in [3.05, 3.63) is 72.3 Å². The van der Waals surface area contributed by atoms with Gasteiger partial charge in [-0.3, -0.25) is 4.72 Å². The van der Waals surface area contributed by atoms with Gasteiger partial charge in [0.25, 0.3) is 10.0 Å². The van der Waals surface area contributed by atoms with Crippen LogP contribution in [0.15, 0.2) is 76.0 Å². The number of rotatable bonds is 5. The molecule has 2 atom stereocenters. The molecule has 0 amide bonds. The minimum absolute atomic E-state index is 0.0307. The van der Waals surface area contributed by atoms with Crippen LogP contribution in [0, 0.1) is 11.3 Å². The summed E-state index contributed by atoms with van der Waals surface area (Å²) in [5.41, 5.74) is 2.50. The Bertz CT molecular complexity index is 1450. The molecule has 0 radical (unpaired) electrons. The van der Waals surface area contributed by atoms with Crippen LogP contribution in [0.4, 0.5) is 5.69 Å². The van der Waals surface area contributed by atoms with Gasteiger partial charge in [0.05, 0.1) is 17.6 Å². The number of para-hydroxylation sites is 1. The first kappa shape index (κ1) is 22.9. The Labute approximate surface area is 199 Å². The number of anilines is 1. The van der Waals surface area contributed by atoms with Gasteiger partial charge in [0.15, 0.2) is 6.29 Å². The van der Waals surface area contributed by atoms with Crippen LogP contribution in [-0.2, 0) is 19.5 Å². The highest BCUT2D eigenvalue weighted by atomic mass is 32.2. The summed E-state index contributed by atoms with van der Waals surface area (Å²) < 4.78 is 47.2. The van der Waals surface area contributed by atoms with Gasteiger partial charge in [-0.2, -0.15) is 0 Å². The Kier molecular flexibility index (Phi) is 5.67. The Morgan fingerprint density at radius 1 is 0.941 bits per heavy atom. The Morgan fingerprint density at radius 2 is 1.71 bits per heavy atom. The maximum Gasteiger partial charge on any atom is 0.261 e. The van der Waals surface area contributed by atoms with Gasteiger partial charge in [0, 0.05) is 27.4 Å². The van der Waals surface area contributed by atoms with Crippen LogP contribution in [0.5, 0.6) is 0 Å². The molecule has 1 N–H and O–H groups in total. The lowest BCUT2D eigenvalue weighted by Crippen LogP contribution is -2.45. The number of furan rings is 1. The summed E-state index contributed by atoms with van der Waals surface area (Å²) in [7, 11) is -3.81. The first-order valence-electron chi connectivity index (χ1n) is 11.5. The largest absolute Gasteiger partial charge is 0.456 e. The van der Waals surface area contributed by atoms with Gasteiger partial charge in [-0.05, 0) is 42.3 Å². The lowest BCUT2D eigenvalue weighted by atomic mass is 9.80. The van der Waals surface area contributed by atoms with E-state index in [0.717, 1.165) is 21.9 Å². The monoisotopic (exact) mass is 479 g/mol. The molecule has 1 fully saturated rings. The zero-order chi connectivity index (χ0) is 24.1. The lowest BCUT2D eigenvalue weighted by molar-refractivity contribution is -0.274. The van der Waals surface area contributed by atoms with Crippen molar-refractivity contribution in [1.29, 1.82) is 0 Å². The van der Waals surface area contributed by atoms with Crippen LogP contribution < -0.4 is 4.72 Å². The third-order valence-corrected chi connectivity index (χ3v) is 7.70. The summed E-state index contributed by atoms with van der Waals surface area (Å²) >= 11 is 0. The van der Waals surface area contributed by atoms with Crippen LogP contribution in [0.3, 0.4) is 0 Å². The molecule has 0 bridgehead atoms. The lowest BCUT2D eigenvalue weighted by Gasteiger charge is -2.44. The molecule has 2 heterocycles. The van der Waals surface area contributed by atoms with Crippen LogP contribution in [0.1, 0.15) is 39.5 Å². The summed E-state index contributed by atoms with van der Waals surface area (Å²) in [6, 6.07) is 19.7. The van der Waals surface area contributed by atoms with Gasteiger partial charge in [0.2, 0.25) is 0 Å². The standard InChI is InChI=1S/C27H29NO5S/c1-17(2)25-27(3,4)16-31-26(33-25)18-8-7-9-19(14-18)28-34(29,30)20-12-13-24-22(15-20)21-10-5-6-11-23(21)32-24/h5-15,17,25-26,28H,16H2,1-4H3/t25-,26-/m0/s1. The van der Waals surface area contributed by atoms with E-state index in [2.05, 4.69) is 32.4 Å². The van der Waals surface area contributed by atoms with E-state index in [4.69, 9.17) is 13.9 Å². The number of fused-ring (bicyclic) bond motifs is 3. The zero-order valence-corrected chi connectivity index (χ0v) is 20.6. The molecule has 178 valence electrons. The molecule has 1 aromatic heterocycles. The van der Waals surface area contributed by atoms with E-state index in [9.17, 15) is 8.42 Å². The number of hydrogen-bond acceptors (Lipinski definition) is 5. The van der Waals surface area contributed by atoms with Gasteiger partial charge in [-0.1, -0.05) is 58.0 Å². The number of sulfonamides is 1. The highest BCUT2D eigenvalue weighted by molar-refractivity contribution is 7.92. The quantitative estimate of drug-likeness (QED) is 0.354. The van der Waals surface area contributed by atoms with Crippen LogP contribution in [0.2, 0.25) is 0 Å². The molecular weight excluding hydrogens is 450 g/mol. The molecular formula is C27H29NO5S. The maximum absolute atomic E-state index is 13.2. The highest BCUT2D eigenvalue weighted by Gasteiger charge is 2.40. The van der Waals surface area contributed by atoms with Crippen LogP contribution in [0.25, 0.3) is 21.9 Å².